The average Bonchev–Trinajstić information content (AvgIpc) is 2.67. The average molecular weight is 284 g/mol. The SMILES string of the molecule is C#CC.O=c1[nH]cc([C@@H]2O[C@H](CO)[C@@H](O)[C@H]2O)c(=O)[nH]1. The van der Waals surface area contributed by atoms with Crippen LogP contribution in [0.2, 0.25) is 0 Å². The molecule has 0 radical (unpaired) electrons. The number of aromatic nitrogens is 2. The molecule has 1 saturated heterocycles. The van der Waals surface area contributed by atoms with Crippen LogP contribution >= 0.6 is 0 Å². The molecular weight excluding hydrogens is 268 g/mol. The summed E-state index contributed by atoms with van der Waals surface area (Å²) in [4.78, 5) is 26.5. The number of aliphatic hydroxyl groups is 3. The monoisotopic (exact) mass is 284 g/mol. The van der Waals surface area contributed by atoms with Crippen molar-refractivity contribution in [3.05, 3.63) is 32.6 Å². The van der Waals surface area contributed by atoms with Crippen molar-refractivity contribution < 1.29 is 20.1 Å². The van der Waals surface area contributed by atoms with Crippen LogP contribution in [-0.2, 0) is 4.74 Å². The second-order valence-electron chi connectivity index (χ2n) is 4.07. The molecule has 0 aromatic carbocycles. The van der Waals surface area contributed by atoms with Crippen molar-refractivity contribution in [2.75, 3.05) is 6.61 Å². The number of hydrogen-bond acceptors (Lipinski definition) is 6. The van der Waals surface area contributed by atoms with E-state index in [2.05, 4.69) is 17.3 Å². The lowest BCUT2D eigenvalue weighted by Crippen LogP contribution is -2.34. The Morgan fingerprint density at radius 3 is 2.45 bits per heavy atom. The van der Waals surface area contributed by atoms with Crippen molar-refractivity contribution in [2.24, 2.45) is 0 Å². The van der Waals surface area contributed by atoms with Crippen LogP contribution in [0.5, 0.6) is 0 Å². The van der Waals surface area contributed by atoms with Gasteiger partial charge in [-0.3, -0.25) is 9.78 Å². The largest absolute Gasteiger partial charge is 0.394 e. The van der Waals surface area contributed by atoms with E-state index in [9.17, 15) is 19.8 Å². The summed E-state index contributed by atoms with van der Waals surface area (Å²) in [5.74, 6) is 2.25. The quantitative estimate of drug-likeness (QED) is 0.393. The second kappa shape index (κ2) is 7.02. The number of ether oxygens (including phenoxy) is 1. The number of aliphatic hydroxyl groups excluding tert-OH is 3. The van der Waals surface area contributed by atoms with E-state index in [1.165, 1.54) is 0 Å². The highest BCUT2D eigenvalue weighted by Gasteiger charge is 2.44. The molecule has 0 saturated carbocycles. The minimum atomic E-state index is -1.33. The summed E-state index contributed by atoms with van der Waals surface area (Å²) >= 11 is 0. The highest BCUT2D eigenvalue weighted by atomic mass is 16.6. The van der Waals surface area contributed by atoms with E-state index in [0.717, 1.165) is 6.20 Å². The minimum Gasteiger partial charge on any atom is -0.394 e. The molecule has 110 valence electrons. The molecule has 0 spiro atoms. The summed E-state index contributed by atoms with van der Waals surface area (Å²) in [5.41, 5.74) is -1.39. The molecule has 0 amide bonds. The van der Waals surface area contributed by atoms with Crippen molar-refractivity contribution in [1.82, 2.24) is 9.97 Å². The fourth-order valence-corrected chi connectivity index (χ4v) is 1.79. The van der Waals surface area contributed by atoms with Crippen molar-refractivity contribution >= 4 is 0 Å². The van der Waals surface area contributed by atoms with Gasteiger partial charge in [0.25, 0.3) is 5.56 Å². The summed E-state index contributed by atoms with van der Waals surface area (Å²) in [5, 5.41) is 28.1. The van der Waals surface area contributed by atoms with Gasteiger partial charge in [0.15, 0.2) is 0 Å². The van der Waals surface area contributed by atoms with E-state index in [1.807, 2.05) is 4.98 Å². The number of terminal acetylenes is 1. The predicted octanol–water partition coefficient (Wildman–Crippen LogP) is -2.14. The van der Waals surface area contributed by atoms with Gasteiger partial charge in [0.2, 0.25) is 0 Å². The fraction of sp³-hybridized carbons (Fsp3) is 0.500. The van der Waals surface area contributed by atoms with Crippen LogP contribution in [0.4, 0.5) is 0 Å². The zero-order valence-corrected chi connectivity index (χ0v) is 10.7. The Morgan fingerprint density at radius 2 is 2.00 bits per heavy atom. The molecule has 1 aliphatic heterocycles. The van der Waals surface area contributed by atoms with Crippen LogP contribution in [0, 0.1) is 12.3 Å². The lowest BCUT2D eigenvalue weighted by molar-refractivity contribution is -0.0232. The van der Waals surface area contributed by atoms with E-state index in [-0.39, 0.29) is 5.56 Å². The first-order chi connectivity index (χ1) is 9.46. The van der Waals surface area contributed by atoms with E-state index in [0.29, 0.717) is 0 Å². The topological polar surface area (TPSA) is 136 Å². The fourth-order valence-electron chi connectivity index (χ4n) is 1.79. The number of aromatic amines is 2. The first-order valence-electron chi connectivity index (χ1n) is 5.78. The van der Waals surface area contributed by atoms with Gasteiger partial charge in [-0.15, -0.1) is 12.3 Å². The summed E-state index contributed by atoms with van der Waals surface area (Å²) in [6.07, 6.45) is 1.06. The van der Waals surface area contributed by atoms with E-state index < -0.39 is 42.3 Å². The Labute approximate surface area is 114 Å². The third-order valence-electron chi connectivity index (χ3n) is 2.70. The third kappa shape index (κ3) is 3.34. The highest BCUT2D eigenvalue weighted by Crippen LogP contribution is 2.31. The number of H-pyrrole nitrogens is 2. The Kier molecular flexibility index (Phi) is 5.66. The molecule has 0 bridgehead atoms. The van der Waals surface area contributed by atoms with Gasteiger partial charge in [-0.05, 0) is 6.92 Å². The van der Waals surface area contributed by atoms with Crippen molar-refractivity contribution in [3.63, 3.8) is 0 Å². The van der Waals surface area contributed by atoms with Gasteiger partial charge in [0, 0.05) is 6.20 Å². The smallest absolute Gasteiger partial charge is 0.325 e. The maximum atomic E-state index is 11.5. The van der Waals surface area contributed by atoms with Gasteiger partial charge in [-0.2, -0.15) is 0 Å². The van der Waals surface area contributed by atoms with Crippen LogP contribution in [0.3, 0.4) is 0 Å². The van der Waals surface area contributed by atoms with Crippen LogP contribution in [0.25, 0.3) is 0 Å². The molecular formula is C12H16N2O6. The Hall–Kier alpha value is -1.92. The molecule has 5 N–H and O–H groups in total. The van der Waals surface area contributed by atoms with Crippen LogP contribution in [0.1, 0.15) is 18.6 Å². The Morgan fingerprint density at radius 1 is 1.40 bits per heavy atom. The lowest BCUT2D eigenvalue weighted by Gasteiger charge is -2.13. The van der Waals surface area contributed by atoms with Crippen LogP contribution < -0.4 is 11.2 Å². The van der Waals surface area contributed by atoms with Gasteiger partial charge < -0.3 is 25.0 Å². The number of hydrogen-bond donors (Lipinski definition) is 5. The first-order valence-corrected chi connectivity index (χ1v) is 5.78. The first kappa shape index (κ1) is 16.1. The van der Waals surface area contributed by atoms with Gasteiger partial charge in [0.05, 0.1) is 12.2 Å². The number of rotatable bonds is 2. The predicted molar refractivity (Wildman–Crippen MR) is 68.9 cm³/mol. The van der Waals surface area contributed by atoms with Crippen molar-refractivity contribution in [2.45, 2.75) is 31.3 Å². The zero-order chi connectivity index (χ0) is 15.3. The molecule has 1 aromatic heterocycles. The molecule has 0 aliphatic carbocycles. The van der Waals surface area contributed by atoms with Crippen LogP contribution in [-0.4, -0.2) is 50.2 Å². The molecule has 1 aliphatic rings. The molecule has 1 fully saturated rings. The maximum absolute atomic E-state index is 11.5. The zero-order valence-electron chi connectivity index (χ0n) is 10.7. The van der Waals surface area contributed by atoms with E-state index >= 15 is 0 Å². The van der Waals surface area contributed by atoms with E-state index in [4.69, 9.17) is 9.84 Å². The molecule has 0 unspecified atom stereocenters. The van der Waals surface area contributed by atoms with Crippen molar-refractivity contribution in [1.29, 1.82) is 0 Å². The minimum absolute atomic E-state index is 0.00731. The second-order valence-corrected chi connectivity index (χ2v) is 4.07. The number of nitrogens with one attached hydrogen (secondary N) is 2. The molecule has 8 heteroatoms. The molecule has 4 atom stereocenters. The molecule has 2 heterocycles. The summed E-state index contributed by atoms with van der Waals surface area (Å²) in [7, 11) is 0. The van der Waals surface area contributed by atoms with E-state index in [1.54, 1.807) is 6.92 Å². The standard InChI is InChI=1S/C9H12N2O6.C3H4/c12-2-4-5(13)6(14)7(17-4)3-1-10-9(16)11-8(3)15;1-3-2/h1,4-7,12-14H,2H2,(H2,10,11,15,16);1H,2H3/t4-,5-,6-,7+;/m1./s1. The molecule has 1 aromatic rings. The lowest BCUT2D eigenvalue weighted by atomic mass is 10.0. The van der Waals surface area contributed by atoms with Gasteiger partial charge >= 0.3 is 5.69 Å². The maximum Gasteiger partial charge on any atom is 0.325 e. The van der Waals surface area contributed by atoms with Gasteiger partial charge in [-0.25, -0.2) is 4.79 Å². The Balaban J connectivity index is 0.000000612. The highest BCUT2D eigenvalue weighted by molar-refractivity contribution is 5.13. The van der Waals surface area contributed by atoms with Gasteiger partial charge in [-0.1, -0.05) is 0 Å². The van der Waals surface area contributed by atoms with Crippen LogP contribution in [0.15, 0.2) is 15.8 Å². The van der Waals surface area contributed by atoms with Crippen molar-refractivity contribution in [3.8, 4) is 12.3 Å². The molecule has 20 heavy (non-hydrogen) atoms. The summed E-state index contributed by atoms with van der Waals surface area (Å²) < 4.78 is 5.15. The molecule has 8 nitrogen and oxygen atoms in total. The summed E-state index contributed by atoms with van der Waals surface area (Å²) in [6, 6.07) is 0. The normalized spacial score (nSPS) is 28.4. The third-order valence-corrected chi connectivity index (χ3v) is 2.70. The van der Waals surface area contributed by atoms with Gasteiger partial charge in [0.1, 0.15) is 24.4 Å². The summed E-state index contributed by atoms with van der Waals surface area (Å²) in [6.45, 7) is 1.18. The Bertz CT molecular complexity index is 587. The molecule has 2 rings (SSSR count).